The highest BCUT2D eigenvalue weighted by atomic mass is 79.9. The van der Waals surface area contributed by atoms with E-state index in [1.165, 1.54) is 23.2 Å². The second-order valence-electron chi connectivity index (χ2n) is 5.86. The third kappa shape index (κ3) is 2.39. The van der Waals surface area contributed by atoms with Crippen molar-refractivity contribution in [1.29, 1.82) is 0 Å². The Hall–Kier alpha value is -1.32. The molecular weight excluding hydrogens is 326 g/mol. The predicted octanol–water partition coefficient (Wildman–Crippen LogP) is 5.08. The van der Waals surface area contributed by atoms with Crippen LogP contribution in [0, 0.1) is 5.92 Å². The lowest BCUT2D eigenvalue weighted by Gasteiger charge is -2.43. The van der Waals surface area contributed by atoms with E-state index in [2.05, 4.69) is 69.8 Å². The molecule has 3 heteroatoms. The zero-order valence-corrected chi connectivity index (χ0v) is 13.3. The Bertz CT molecular complexity index is 640. The summed E-state index contributed by atoms with van der Waals surface area (Å²) in [4.78, 5) is 0. The molecule has 2 aliphatic rings. The maximum absolute atomic E-state index is 6.13. The largest absolute Gasteiger partial charge is 0.378 e. The zero-order chi connectivity index (χ0) is 14.2. The third-order valence-corrected chi connectivity index (χ3v) is 5.13. The molecule has 0 radical (unpaired) electrons. The van der Waals surface area contributed by atoms with E-state index in [4.69, 9.17) is 4.74 Å². The summed E-state index contributed by atoms with van der Waals surface area (Å²) in [5.74, 6) is 0.509. The molecule has 21 heavy (non-hydrogen) atoms. The van der Waals surface area contributed by atoms with Gasteiger partial charge in [0.1, 0.15) is 0 Å². The van der Waals surface area contributed by atoms with Crippen LogP contribution in [-0.4, -0.2) is 6.61 Å². The number of rotatable bonds is 1. The van der Waals surface area contributed by atoms with Gasteiger partial charge in [0.05, 0.1) is 12.1 Å². The van der Waals surface area contributed by atoms with E-state index in [1.807, 2.05) is 0 Å². The first-order chi connectivity index (χ1) is 10.3. The average molecular weight is 344 g/mol. The Morgan fingerprint density at radius 1 is 1.05 bits per heavy atom. The van der Waals surface area contributed by atoms with Crippen LogP contribution in [0.2, 0.25) is 0 Å². The average Bonchev–Trinajstić information content (AvgIpc) is 2.55. The topological polar surface area (TPSA) is 21.3 Å². The molecule has 0 saturated carbocycles. The van der Waals surface area contributed by atoms with E-state index < -0.39 is 0 Å². The Morgan fingerprint density at radius 2 is 1.86 bits per heavy atom. The van der Waals surface area contributed by atoms with Crippen LogP contribution in [0.1, 0.15) is 36.1 Å². The number of ether oxygens (including phenoxy) is 1. The van der Waals surface area contributed by atoms with E-state index >= 15 is 0 Å². The fraction of sp³-hybridized carbons (Fsp3) is 0.333. The molecule has 2 aromatic rings. The standard InChI is InChI=1S/C18H18BrNO/c19-13-9-7-12(8-10-13)17-15-5-3-11-21-18(15)14-4-1-2-6-16(14)20-17/h1-2,4,6-10,15,17-18,20H,3,5,11H2/t15-,17+,18+/m1/s1. The lowest BCUT2D eigenvalue weighted by atomic mass is 9.77. The first-order valence-corrected chi connectivity index (χ1v) is 8.35. The van der Waals surface area contributed by atoms with Gasteiger partial charge in [-0.1, -0.05) is 46.3 Å². The van der Waals surface area contributed by atoms with Gasteiger partial charge in [0, 0.05) is 28.2 Å². The van der Waals surface area contributed by atoms with Crippen molar-refractivity contribution in [2.75, 3.05) is 11.9 Å². The van der Waals surface area contributed by atoms with Crippen LogP contribution in [0.3, 0.4) is 0 Å². The molecule has 0 aromatic heterocycles. The molecule has 4 rings (SSSR count). The van der Waals surface area contributed by atoms with Crippen molar-refractivity contribution in [3.05, 3.63) is 64.1 Å². The molecule has 1 saturated heterocycles. The smallest absolute Gasteiger partial charge is 0.0895 e. The molecule has 0 aliphatic carbocycles. The quantitative estimate of drug-likeness (QED) is 0.779. The summed E-state index contributed by atoms with van der Waals surface area (Å²) in [6, 6.07) is 17.6. The molecule has 2 aromatic carbocycles. The monoisotopic (exact) mass is 343 g/mol. The minimum Gasteiger partial charge on any atom is -0.378 e. The van der Waals surface area contributed by atoms with Crippen LogP contribution in [0.5, 0.6) is 0 Å². The lowest BCUT2D eigenvalue weighted by molar-refractivity contribution is -0.0381. The van der Waals surface area contributed by atoms with E-state index in [-0.39, 0.29) is 6.10 Å². The summed E-state index contributed by atoms with van der Waals surface area (Å²) in [6.45, 7) is 0.878. The molecule has 1 fully saturated rings. The molecule has 0 spiro atoms. The second kappa shape index (κ2) is 5.47. The summed E-state index contributed by atoms with van der Waals surface area (Å²) in [5.41, 5.74) is 3.87. The van der Waals surface area contributed by atoms with Crippen LogP contribution >= 0.6 is 15.9 Å². The predicted molar refractivity (Wildman–Crippen MR) is 88.4 cm³/mol. The van der Waals surface area contributed by atoms with Gasteiger partial charge < -0.3 is 10.1 Å². The summed E-state index contributed by atoms with van der Waals surface area (Å²) < 4.78 is 7.26. The fourth-order valence-electron chi connectivity index (χ4n) is 3.62. The summed E-state index contributed by atoms with van der Waals surface area (Å²) in [6.07, 6.45) is 2.59. The second-order valence-corrected chi connectivity index (χ2v) is 6.77. The number of halogens is 1. The van der Waals surface area contributed by atoms with Gasteiger partial charge in [-0.3, -0.25) is 0 Å². The van der Waals surface area contributed by atoms with Gasteiger partial charge >= 0.3 is 0 Å². The van der Waals surface area contributed by atoms with Crippen LogP contribution in [0.4, 0.5) is 5.69 Å². The van der Waals surface area contributed by atoms with Gasteiger partial charge in [0.25, 0.3) is 0 Å². The summed E-state index contributed by atoms with van der Waals surface area (Å²) in [7, 11) is 0. The highest BCUT2D eigenvalue weighted by Crippen LogP contribution is 2.48. The van der Waals surface area contributed by atoms with Crippen molar-refractivity contribution in [2.45, 2.75) is 25.0 Å². The lowest BCUT2D eigenvalue weighted by Crippen LogP contribution is -2.35. The molecule has 1 N–H and O–H groups in total. The number of anilines is 1. The highest BCUT2D eigenvalue weighted by molar-refractivity contribution is 9.10. The molecule has 3 atom stereocenters. The summed E-state index contributed by atoms with van der Waals surface area (Å²) in [5, 5.41) is 3.74. The normalized spacial score (nSPS) is 27.4. The molecule has 2 aliphatic heterocycles. The number of fused-ring (bicyclic) bond motifs is 3. The van der Waals surface area contributed by atoms with Crippen molar-refractivity contribution in [2.24, 2.45) is 5.92 Å². The maximum atomic E-state index is 6.13. The Labute approximate surface area is 133 Å². The van der Waals surface area contributed by atoms with Gasteiger partial charge in [-0.25, -0.2) is 0 Å². The van der Waals surface area contributed by atoms with Gasteiger partial charge in [-0.05, 0) is 36.6 Å². The SMILES string of the molecule is Brc1ccc([C@@H]2Nc3ccccc3[C@@H]3OCCC[C@H]23)cc1. The van der Waals surface area contributed by atoms with Crippen molar-refractivity contribution in [3.8, 4) is 0 Å². The Kier molecular flexibility index (Phi) is 3.48. The molecule has 2 nitrogen and oxygen atoms in total. The molecule has 0 amide bonds. The first-order valence-electron chi connectivity index (χ1n) is 7.55. The maximum Gasteiger partial charge on any atom is 0.0895 e. The molecule has 2 heterocycles. The Balaban J connectivity index is 1.76. The number of nitrogens with one attached hydrogen (secondary N) is 1. The van der Waals surface area contributed by atoms with Gasteiger partial charge in [0.15, 0.2) is 0 Å². The zero-order valence-electron chi connectivity index (χ0n) is 11.8. The molecule has 108 valence electrons. The third-order valence-electron chi connectivity index (χ3n) is 4.60. The molecule has 0 bridgehead atoms. The van der Waals surface area contributed by atoms with E-state index in [0.717, 1.165) is 17.5 Å². The minimum absolute atomic E-state index is 0.227. The number of para-hydroxylation sites is 1. The van der Waals surface area contributed by atoms with Crippen molar-refractivity contribution in [1.82, 2.24) is 0 Å². The van der Waals surface area contributed by atoms with Gasteiger partial charge in [-0.2, -0.15) is 0 Å². The van der Waals surface area contributed by atoms with Crippen LogP contribution in [0.15, 0.2) is 53.0 Å². The van der Waals surface area contributed by atoms with E-state index in [9.17, 15) is 0 Å². The van der Waals surface area contributed by atoms with Crippen molar-refractivity contribution in [3.63, 3.8) is 0 Å². The number of benzene rings is 2. The first kappa shape index (κ1) is 13.4. The van der Waals surface area contributed by atoms with Crippen molar-refractivity contribution < 1.29 is 4.74 Å². The number of hydrogen-bond donors (Lipinski definition) is 1. The van der Waals surface area contributed by atoms with Crippen LogP contribution in [0.25, 0.3) is 0 Å². The molecule has 0 unspecified atom stereocenters. The fourth-order valence-corrected chi connectivity index (χ4v) is 3.88. The van der Waals surface area contributed by atoms with E-state index in [0.29, 0.717) is 12.0 Å². The number of hydrogen-bond acceptors (Lipinski definition) is 2. The van der Waals surface area contributed by atoms with E-state index in [1.54, 1.807) is 0 Å². The minimum atomic E-state index is 0.227. The highest BCUT2D eigenvalue weighted by Gasteiger charge is 2.39. The molecular formula is C18H18BrNO. The van der Waals surface area contributed by atoms with Crippen LogP contribution in [-0.2, 0) is 4.74 Å². The van der Waals surface area contributed by atoms with Crippen LogP contribution < -0.4 is 5.32 Å². The van der Waals surface area contributed by atoms with Gasteiger partial charge in [0.2, 0.25) is 0 Å². The van der Waals surface area contributed by atoms with Gasteiger partial charge in [-0.15, -0.1) is 0 Å². The Morgan fingerprint density at radius 3 is 2.71 bits per heavy atom. The summed E-state index contributed by atoms with van der Waals surface area (Å²) >= 11 is 3.52. The van der Waals surface area contributed by atoms with Crippen molar-refractivity contribution >= 4 is 21.6 Å².